The molecule has 1 aliphatic carbocycles. The van der Waals surface area contributed by atoms with Crippen LogP contribution < -0.4 is 5.73 Å². The monoisotopic (exact) mass is 246 g/mol. The van der Waals surface area contributed by atoms with Crippen molar-refractivity contribution in [1.82, 2.24) is 4.98 Å². The molecule has 2 nitrogen and oxygen atoms in total. The molecule has 0 aliphatic heterocycles. The topological polar surface area (TPSA) is 38.9 Å². The van der Waals surface area contributed by atoms with Crippen LogP contribution in [0.3, 0.4) is 0 Å². The second kappa shape index (κ2) is 3.09. The molecule has 1 fully saturated rings. The van der Waals surface area contributed by atoms with Crippen molar-refractivity contribution in [3.63, 3.8) is 0 Å². The van der Waals surface area contributed by atoms with Crippen molar-refractivity contribution in [3.05, 3.63) is 15.0 Å². The van der Waals surface area contributed by atoms with E-state index < -0.39 is 0 Å². The first-order chi connectivity index (χ1) is 5.77. The molecular formula is C8H11BrN2S. The van der Waals surface area contributed by atoms with Gasteiger partial charge in [0.15, 0.2) is 3.92 Å². The van der Waals surface area contributed by atoms with Gasteiger partial charge in [0.25, 0.3) is 0 Å². The summed E-state index contributed by atoms with van der Waals surface area (Å²) >= 11 is 5.04. The smallest absolute Gasteiger partial charge is 0.159 e. The van der Waals surface area contributed by atoms with E-state index in [9.17, 15) is 0 Å². The summed E-state index contributed by atoms with van der Waals surface area (Å²) in [6.45, 7) is 0.773. The third kappa shape index (κ3) is 1.43. The second-order valence-electron chi connectivity index (χ2n) is 3.30. The van der Waals surface area contributed by atoms with Crippen LogP contribution in [0.2, 0.25) is 0 Å². The molecule has 0 saturated heterocycles. The molecule has 0 bridgehead atoms. The molecule has 2 rings (SSSR count). The maximum absolute atomic E-state index is 5.56. The van der Waals surface area contributed by atoms with Crippen molar-refractivity contribution < 1.29 is 0 Å². The number of nitrogens with zero attached hydrogens (tertiary/aromatic N) is 1. The van der Waals surface area contributed by atoms with Gasteiger partial charge in [0.2, 0.25) is 0 Å². The summed E-state index contributed by atoms with van der Waals surface area (Å²) in [5, 5.41) is 2.15. The van der Waals surface area contributed by atoms with Crippen LogP contribution in [0.4, 0.5) is 0 Å². The van der Waals surface area contributed by atoms with Crippen molar-refractivity contribution in [3.8, 4) is 0 Å². The second-order valence-corrected chi connectivity index (χ2v) is 5.44. The Balaban J connectivity index is 2.18. The maximum Gasteiger partial charge on any atom is 0.159 e. The van der Waals surface area contributed by atoms with Crippen LogP contribution in [-0.4, -0.2) is 11.5 Å². The van der Waals surface area contributed by atoms with Crippen molar-refractivity contribution in [2.24, 2.45) is 5.73 Å². The molecule has 66 valence electrons. The Bertz CT molecular complexity index is 280. The van der Waals surface area contributed by atoms with Gasteiger partial charge < -0.3 is 5.73 Å². The molecular weight excluding hydrogens is 236 g/mol. The lowest BCUT2D eigenvalue weighted by Crippen LogP contribution is -2.13. The highest BCUT2D eigenvalue weighted by molar-refractivity contribution is 9.11. The van der Waals surface area contributed by atoms with E-state index in [1.165, 1.54) is 18.5 Å². The molecule has 1 aliphatic rings. The molecule has 0 amide bonds. The van der Waals surface area contributed by atoms with Crippen LogP contribution >= 0.6 is 27.3 Å². The van der Waals surface area contributed by atoms with Gasteiger partial charge in [0.1, 0.15) is 0 Å². The predicted octanol–water partition coefficient (Wildman–Crippen LogP) is 2.29. The fourth-order valence-corrected chi connectivity index (χ4v) is 2.69. The van der Waals surface area contributed by atoms with Gasteiger partial charge in [-0.25, -0.2) is 4.98 Å². The zero-order valence-electron chi connectivity index (χ0n) is 6.72. The van der Waals surface area contributed by atoms with Gasteiger partial charge in [-0.1, -0.05) is 0 Å². The summed E-state index contributed by atoms with van der Waals surface area (Å²) in [4.78, 5) is 4.44. The molecule has 0 aromatic carbocycles. The van der Waals surface area contributed by atoms with Crippen molar-refractivity contribution in [2.75, 3.05) is 6.54 Å². The van der Waals surface area contributed by atoms with E-state index in [4.69, 9.17) is 5.73 Å². The fourth-order valence-electron chi connectivity index (χ4n) is 1.56. The van der Waals surface area contributed by atoms with Gasteiger partial charge >= 0.3 is 0 Å². The molecule has 12 heavy (non-hydrogen) atoms. The Hall–Kier alpha value is 0.0700. The summed E-state index contributed by atoms with van der Waals surface area (Å²) in [6, 6.07) is 0. The lowest BCUT2D eigenvalue weighted by Gasteiger charge is -2.09. The largest absolute Gasteiger partial charge is 0.330 e. The Labute approximate surface area is 84.3 Å². The molecule has 1 aromatic rings. The average molecular weight is 247 g/mol. The first-order valence-electron chi connectivity index (χ1n) is 4.08. The zero-order chi connectivity index (χ0) is 8.60. The average Bonchev–Trinajstić information content (AvgIpc) is 2.69. The minimum Gasteiger partial charge on any atom is -0.330 e. The summed E-state index contributed by atoms with van der Waals surface area (Å²) in [7, 11) is 0. The summed E-state index contributed by atoms with van der Waals surface area (Å²) in [5.41, 5.74) is 7.16. The van der Waals surface area contributed by atoms with Gasteiger partial charge in [-0.3, -0.25) is 0 Å². The predicted molar refractivity (Wildman–Crippen MR) is 54.4 cm³/mol. The van der Waals surface area contributed by atoms with E-state index in [2.05, 4.69) is 26.3 Å². The van der Waals surface area contributed by atoms with E-state index >= 15 is 0 Å². The van der Waals surface area contributed by atoms with E-state index in [0.717, 1.165) is 16.9 Å². The van der Waals surface area contributed by atoms with Crippen LogP contribution in [0.15, 0.2) is 9.30 Å². The summed E-state index contributed by atoms with van der Waals surface area (Å²) < 4.78 is 0.987. The number of thiazole rings is 1. The molecule has 0 radical (unpaired) electrons. The Kier molecular flexibility index (Phi) is 2.23. The van der Waals surface area contributed by atoms with E-state index in [-0.39, 0.29) is 0 Å². The van der Waals surface area contributed by atoms with Crippen LogP contribution in [-0.2, 0) is 5.41 Å². The molecule has 0 atom stereocenters. The molecule has 1 heterocycles. The lowest BCUT2D eigenvalue weighted by molar-refractivity contribution is 0.613. The van der Waals surface area contributed by atoms with E-state index in [1.807, 2.05) is 0 Å². The Morgan fingerprint density at radius 1 is 1.67 bits per heavy atom. The highest BCUT2D eigenvalue weighted by Crippen LogP contribution is 2.50. The Morgan fingerprint density at radius 2 is 2.42 bits per heavy atom. The molecule has 4 heteroatoms. The van der Waals surface area contributed by atoms with Crippen LogP contribution in [0.5, 0.6) is 0 Å². The molecule has 1 saturated carbocycles. The van der Waals surface area contributed by atoms with E-state index in [1.54, 1.807) is 11.3 Å². The van der Waals surface area contributed by atoms with Crippen molar-refractivity contribution >= 4 is 27.3 Å². The summed E-state index contributed by atoms with van der Waals surface area (Å²) in [5.74, 6) is 0. The SMILES string of the molecule is NCCC1(c2csc(Br)n2)CC1. The van der Waals surface area contributed by atoms with Gasteiger partial charge in [0, 0.05) is 10.8 Å². The number of nitrogens with two attached hydrogens (primary N) is 1. The Morgan fingerprint density at radius 3 is 2.83 bits per heavy atom. The summed E-state index contributed by atoms with van der Waals surface area (Å²) in [6.07, 6.45) is 3.62. The van der Waals surface area contributed by atoms with Gasteiger partial charge in [-0.2, -0.15) is 0 Å². The standard InChI is InChI=1S/C8H11BrN2S/c9-7-11-6(5-12-7)8(1-2-8)3-4-10/h5H,1-4,10H2. The minimum absolute atomic E-state index is 0.358. The first kappa shape index (κ1) is 8.66. The number of rotatable bonds is 3. The highest BCUT2D eigenvalue weighted by Gasteiger charge is 2.45. The normalized spacial score (nSPS) is 19.5. The zero-order valence-corrected chi connectivity index (χ0v) is 9.12. The minimum atomic E-state index is 0.358. The highest BCUT2D eigenvalue weighted by atomic mass is 79.9. The third-order valence-corrected chi connectivity index (χ3v) is 3.86. The quantitative estimate of drug-likeness (QED) is 0.889. The van der Waals surface area contributed by atoms with Crippen molar-refractivity contribution in [1.29, 1.82) is 0 Å². The van der Waals surface area contributed by atoms with Gasteiger partial charge in [-0.05, 0) is 41.7 Å². The van der Waals surface area contributed by atoms with Crippen molar-refractivity contribution in [2.45, 2.75) is 24.7 Å². The lowest BCUT2D eigenvalue weighted by atomic mass is 9.99. The number of hydrogen-bond acceptors (Lipinski definition) is 3. The number of halogens is 1. The maximum atomic E-state index is 5.56. The number of hydrogen-bond donors (Lipinski definition) is 1. The van der Waals surface area contributed by atoms with Crippen LogP contribution in [0.25, 0.3) is 0 Å². The molecule has 0 spiro atoms. The van der Waals surface area contributed by atoms with E-state index in [0.29, 0.717) is 5.41 Å². The van der Waals surface area contributed by atoms with Crippen LogP contribution in [0, 0.1) is 0 Å². The fraction of sp³-hybridized carbons (Fsp3) is 0.625. The van der Waals surface area contributed by atoms with Crippen LogP contribution in [0.1, 0.15) is 25.0 Å². The number of aromatic nitrogens is 1. The first-order valence-corrected chi connectivity index (χ1v) is 5.76. The van der Waals surface area contributed by atoms with Gasteiger partial charge in [-0.15, -0.1) is 11.3 Å². The third-order valence-electron chi connectivity index (χ3n) is 2.50. The molecule has 1 aromatic heterocycles. The molecule has 0 unspecified atom stereocenters. The van der Waals surface area contributed by atoms with Gasteiger partial charge in [0.05, 0.1) is 5.69 Å². The molecule has 2 N–H and O–H groups in total.